The number of fused-ring (bicyclic) bond motifs is 1. The van der Waals surface area contributed by atoms with Gasteiger partial charge in [0.2, 0.25) is 0 Å². The van der Waals surface area contributed by atoms with Crippen LogP contribution in [0.2, 0.25) is 0 Å². The lowest BCUT2D eigenvalue weighted by Crippen LogP contribution is -2.35. The van der Waals surface area contributed by atoms with Crippen LogP contribution in [0.1, 0.15) is 36.6 Å². The summed E-state index contributed by atoms with van der Waals surface area (Å²) >= 11 is 5.56. The largest absolute Gasteiger partial charge is 0.486 e. The Bertz CT molecular complexity index is 805. The molecule has 2 N–H and O–H groups in total. The summed E-state index contributed by atoms with van der Waals surface area (Å²) in [6, 6.07) is 12.5. The first-order chi connectivity index (χ1) is 12.4. The zero-order valence-electron chi connectivity index (χ0n) is 15.8. The summed E-state index contributed by atoms with van der Waals surface area (Å²) < 4.78 is 11.2. The number of benzene rings is 2. The molecule has 5 heteroatoms. The van der Waals surface area contributed by atoms with Crippen LogP contribution < -0.4 is 20.1 Å². The number of aryl methyl sites for hydroxylation is 2. The fourth-order valence-electron chi connectivity index (χ4n) is 3.21. The van der Waals surface area contributed by atoms with Crippen LogP contribution in [0.25, 0.3) is 0 Å². The van der Waals surface area contributed by atoms with Crippen LogP contribution >= 0.6 is 12.2 Å². The molecule has 1 aliphatic rings. The molecule has 0 fully saturated rings. The number of nitrogens with one attached hydrogen (secondary N) is 2. The van der Waals surface area contributed by atoms with Crippen LogP contribution in [-0.4, -0.2) is 18.3 Å². The average Bonchev–Trinajstić information content (AvgIpc) is 2.60. The van der Waals surface area contributed by atoms with Crippen LogP contribution in [0.3, 0.4) is 0 Å². The first kappa shape index (κ1) is 18.5. The smallest absolute Gasteiger partial charge is 0.171 e. The van der Waals surface area contributed by atoms with Crippen molar-refractivity contribution in [2.75, 3.05) is 18.5 Å². The summed E-state index contributed by atoms with van der Waals surface area (Å²) in [5.41, 5.74) is 4.70. The summed E-state index contributed by atoms with van der Waals surface area (Å²) in [6.45, 7) is 9.82. The monoisotopic (exact) mass is 370 g/mol. The minimum absolute atomic E-state index is 0.146. The summed E-state index contributed by atoms with van der Waals surface area (Å²) in [4.78, 5) is 0. The third-order valence-electron chi connectivity index (χ3n) is 4.51. The van der Waals surface area contributed by atoms with E-state index in [1.54, 1.807) is 0 Å². The number of hydrogen-bond acceptors (Lipinski definition) is 3. The van der Waals surface area contributed by atoms with Gasteiger partial charge in [-0.3, -0.25) is 0 Å². The number of ether oxygens (including phenoxy) is 2. The number of rotatable bonds is 4. The molecule has 0 bridgehead atoms. The number of thiocarbonyl (C=S) groups is 1. The van der Waals surface area contributed by atoms with Crippen molar-refractivity contribution >= 4 is 23.0 Å². The predicted molar refractivity (Wildman–Crippen MR) is 110 cm³/mol. The number of hydrogen-bond donors (Lipinski definition) is 2. The van der Waals surface area contributed by atoms with Crippen LogP contribution in [0.5, 0.6) is 11.5 Å². The molecule has 2 aromatic rings. The summed E-state index contributed by atoms with van der Waals surface area (Å²) in [5.74, 6) is 1.92. The van der Waals surface area contributed by atoms with Gasteiger partial charge >= 0.3 is 0 Å². The minimum atomic E-state index is 0.146. The Balaban J connectivity index is 1.72. The van der Waals surface area contributed by atoms with E-state index in [2.05, 4.69) is 56.5 Å². The maximum atomic E-state index is 5.63. The van der Waals surface area contributed by atoms with Crippen molar-refractivity contribution < 1.29 is 9.47 Å². The molecule has 0 aromatic heterocycles. The predicted octanol–water partition coefficient (Wildman–Crippen LogP) is 4.76. The highest BCUT2D eigenvalue weighted by molar-refractivity contribution is 7.80. The summed E-state index contributed by atoms with van der Waals surface area (Å²) in [5, 5.41) is 7.33. The molecular weight excluding hydrogens is 344 g/mol. The second-order valence-electron chi connectivity index (χ2n) is 7.04. The Kier molecular flexibility index (Phi) is 5.67. The minimum Gasteiger partial charge on any atom is -0.486 e. The molecule has 1 heterocycles. The molecule has 0 saturated carbocycles. The third-order valence-corrected chi connectivity index (χ3v) is 4.73. The molecule has 0 radical (unpaired) electrons. The van der Waals surface area contributed by atoms with Crippen LogP contribution in [0, 0.1) is 19.8 Å². The van der Waals surface area contributed by atoms with Crippen molar-refractivity contribution in [2.24, 2.45) is 5.92 Å². The molecule has 0 spiro atoms. The van der Waals surface area contributed by atoms with Gasteiger partial charge in [-0.15, -0.1) is 0 Å². The summed E-state index contributed by atoms with van der Waals surface area (Å²) in [7, 11) is 0. The first-order valence-electron chi connectivity index (χ1n) is 8.98. The van der Waals surface area contributed by atoms with Crippen LogP contribution in [0.15, 0.2) is 36.4 Å². The zero-order chi connectivity index (χ0) is 18.7. The molecular formula is C21H26N2O2S. The molecule has 2 aromatic carbocycles. The highest BCUT2D eigenvalue weighted by Crippen LogP contribution is 2.32. The Labute approximate surface area is 160 Å². The first-order valence-corrected chi connectivity index (χ1v) is 9.39. The van der Waals surface area contributed by atoms with E-state index in [-0.39, 0.29) is 6.04 Å². The molecule has 0 saturated heterocycles. The van der Waals surface area contributed by atoms with Gasteiger partial charge in [-0.25, -0.2) is 0 Å². The van der Waals surface area contributed by atoms with Gasteiger partial charge in [0, 0.05) is 11.8 Å². The van der Waals surface area contributed by atoms with Crippen molar-refractivity contribution in [2.45, 2.75) is 33.7 Å². The number of anilines is 1. The van der Waals surface area contributed by atoms with E-state index in [1.165, 1.54) is 16.7 Å². The van der Waals surface area contributed by atoms with E-state index in [0.717, 1.165) is 17.2 Å². The second kappa shape index (κ2) is 7.96. The Hall–Kier alpha value is -2.27. The molecule has 26 heavy (non-hydrogen) atoms. The normalized spacial score (nSPS) is 14.0. The van der Waals surface area contributed by atoms with Crippen molar-refractivity contribution in [3.63, 3.8) is 0 Å². The SMILES string of the molecule is Cc1ccc(C(NC(=S)Nc2ccc3c(c2)OCCO3)C(C)C)c(C)c1. The maximum absolute atomic E-state index is 5.63. The molecule has 0 amide bonds. The van der Waals surface area contributed by atoms with Gasteiger partial charge in [-0.1, -0.05) is 37.6 Å². The third kappa shape index (κ3) is 4.28. The molecule has 3 rings (SSSR count). The molecule has 138 valence electrons. The average molecular weight is 371 g/mol. The molecule has 0 aliphatic carbocycles. The van der Waals surface area contributed by atoms with Gasteiger partial charge in [0.15, 0.2) is 16.6 Å². The molecule has 1 unspecified atom stereocenters. The van der Waals surface area contributed by atoms with Gasteiger partial charge in [0.05, 0.1) is 6.04 Å². The zero-order valence-corrected chi connectivity index (χ0v) is 16.6. The lowest BCUT2D eigenvalue weighted by atomic mass is 9.92. The van der Waals surface area contributed by atoms with E-state index >= 15 is 0 Å². The highest BCUT2D eigenvalue weighted by atomic mass is 32.1. The van der Waals surface area contributed by atoms with E-state index in [4.69, 9.17) is 21.7 Å². The quantitative estimate of drug-likeness (QED) is 0.760. The van der Waals surface area contributed by atoms with Gasteiger partial charge < -0.3 is 20.1 Å². The fraction of sp³-hybridized carbons (Fsp3) is 0.381. The van der Waals surface area contributed by atoms with Gasteiger partial charge in [-0.2, -0.15) is 0 Å². The second-order valence-corrected chi connectivity index (χ2v) is 7.45. The van der Waals surface area contributed by atoms with E-state index in [9.17, 15) is 0 Å². The molecule has 1 aliphatic heterocycles. The lowest BCUT2D eigenvalue weighted by molar-refractivity contribution is 0.171. The van der Waals surface area contributed by atoms with Gasteiger partial charge in [0.1, 0.15) is 13.2 Å². The molecule has 4 nitrogen and oxygen atoms in total. The van der Waals surface area contributed by atoms with Gasteiger partial charge in [0.25, 0.3) is 0 Å². The lowest BCUT2D eigenvalue weighted by Gasteiger charge is -2.26. The standard InChI is InChI=1S/C21H26N2O2S/c1-13(2)20(17-7-5-14(3)11-15(17)4)23-21(26)22-16-6-8-18-19(12-16)25-10-9-24-18/h5-8,11-13,20H,9-10H2,1-4H3,(H2,22,23,26). The Morgan fingerprint density at radius 2 is 1.73 bits per heavy atom. The van der Waals surface area contributed by atoms with Crippen LogP contribution in [-0.2, 0) is 0 Å². The van der Waals surface area contributed by atoms with Crippen LogP contribution in [0.4, 0.5) is 5.69 Å². The van der Waals surface area contributed by atoms with Gasteiger partial charge in [-0.05, 0) is 55.2 Å². The summed E-state index contributed by atoms with van der Waals surface area (Å²) in [6.07, 6.45) is 0. The van der Waals surface area contributed by atoms with Crippen molar-refractivity contribution in [1.29, 1.82) is 0 Å². The van der Waals surface area contributed by atoms with Crippen molar-refractivity contribution in [3.05, 3.63) is 53.1 Å². The Morgan fingerprint density at radius 1 is 1.00 bits per heavy atom. The van der Waals surface area contributed by atoms with E-state index < -0.39 is 0 Å². The Morgan fingerprint density at radius 3 is 2.42 bits per heavy atom. The maximum Gasteiger partial charge on any atom is 0.171 e. The van der Waals surface area contributed by atoms with Crippen molar-refractivity contribution in [1.82, 2.24) is 5.32 Å². The van der Waals surface area contributed by atoms with Crippen molar-refractivity contribution in [3.8, 4) is 11.5 Å². The van der Waals surface area contributed by atoms with E-state index in [0.29, 0.717) is 24.2 Å². The topological polar surface area (TPSA) is 42.5 Å². The fourth-order valence-corrected chi connectivity index (χ4v) is 3.45. The van der Waals surface area contributed by atoms with E-state index in [1.807, 2.05) is 18.2 Å². The highest BCUT2D eigenvalue weighted by Gasteiger charge is 2.19. The molecule has 1 atom stereocenters.